The van der Waals surface area contributed by atoms with E-state index in [2.05, 4.69) is 0 Å². The van der Waals surface area contributed by atoms with Crippen molar-refractivity contribution in [1.82, 2.24) is 14.7 Å². The van der Waals surface area contributed by atoms with E-state index in [0.717, 1.165) is 16.9 Å². The molecule has 0 saturated carbocycles. The molecule has 0 bridgehead atoms. The standard InChI is InChI=1S/C26H30ClN3O4/c1-26(2,3)34-25(31)29-15-13-20(14-16-29)33-24-17-22(18-9-11-19(27)12-10-18)30(28-24)21-7-5-6-8-23(21)32-4/h5-12,17,20H,13-16H2,1-4H3. The second-order valence-corrected chi connectivity index (χ2v) is 9.68. The average molecular weight is 484 g/mol. The van der Waals surface area contributed by atoms with Crippen molar-refractivity contribution in [3.05, 3.63) is 59.6 Å². The Hall–Kier alpha value is -3.19. The van der Waals surface area contributed by atoms with E-state index >= 15 is 0 Å². The predicted octanol–water partition coefficient (Wildman–Crippen LogP) is 5.98. The first kappa shape index (κ1) is 24.0. The first-order chi connectivity index (χ1) is 16.2. The van der Waals surface area contributed by atoms with Gasteiger partial charge < -0.3 is 19.1 Å². The number of hydrogen-bond acceptors (Lipinski definition) is 5. The largest absolute Gasteiger partial charge is 0.494 e. The van der Waals surface area contributed by atoms with Gasteiger partial charge in [0.15, 0.2) is 0 Å². The lowest BCUT2D eigenvalue weighted by Gasteiger charge is -2.33. The molecule has 0 atom stereocenters. The molecular formula is C26H30ClN3O4. The minimum Gasteiger partial charge on any atom is -0.494 e. The summed E-state index contributed by atoms with van der Waals surface area (Å²) in [7, 11) is 1.64. The number of aromatic nitrogens is 2. The van der Waals surface area contributed by atoms with E-state index in [9.17, 15) is 4.79 Å². The maximum Gasteiger partial charge on any atom is 0.410 e. The molecule has 3 aromatic rings. The van der Waals surface area contributed by atoms with Gasteiger partial charge >= 0.3 is 6.09 Å². The molecule has 0 unspecified atom stereocenters. The molecule has 1 fully saturated rings. The summed E-state index contributed by atoms with van der Waals surface area (Å²) in [5.41, 5.74) is 2.12. The smallest absolute Gasteiger partial charge is 0.410 e. The zero-order valence-electron chi connectivity index (χ0n) is 20.0. The van der Waals surface area contributed by atoms with Crippen LogP contribution in [0.1, 0.15) is 33.6 Å². The van der Waals surface area contributed by atoms with Gasteiger partial charge in [-0.3, -0.25) is 0 Å². The molecule has 1 amide bonds. The van der Waals surface area contributed by atoms with Crippen molar-refractivity contribution in [3.63, 3.8) is 0 Å². The number of amides is 1. The van der Waals surface area contributed by atoms with Crippen molar-refractivity contribution in [3.8, 4) is 28.6 Å². The van der Waals surface area contributed by atoms with Crippen LogP contribution in [0.3, 0.4) is 0 Å². The number of rotatable bonds is 5. The molecule has 0 radical (unpaired) electrons. The van der Waals surface area contributed by atoms with Crippen molar-refractivity contribution in [2.75, 3.05) is 20.2 Å². The number of para-hydroxylation sites is 2. The van der Waals surface area contributed by atoms with Crippen LogP contribution in [0.2, 0.25) is 5.02 Å². The molecule has 1 aliphatic heterocycles. The summed E-state index contributed by atoms with van der Waals surface area (Å²) in [5, 5.41) is 5.43. The lowest BCUT2D eigenvalue weighted by molar-refractivity contribution is 0.0123. The molecule has 180 valence electrons. The first-order valence-electron chi connectivity index (χ1n) is 11.4. The monoisotopic (exact) mass is 483 g/mol. The van der Waals surface area contributed by atoms with Crippen LogP contribution in [0.15, 0.2) is 54.6 Å². The number of halogens is 1. The maximum atomic E-state index is 12.4. The third-order valence-electron chi connectivity index (χ3n) is 5.52. The van der Waals surface area contributed by atoms with Gasteiger partial charge in [0.2, 0.25) is 5.88 Å². The predicted molar refractivity (Wildman–Crippen MR) is 132 cm³/mol. The highest BCUT2D eigenvalue weighted by molar-refractivity contribution is 6.30. The van der Waals surface area contributed by atoms with Gasteiger partial charge in [0, 0.05) is 42.6 Å². The van der Waals surface area contributed by atoms with Crippen molar-refractivity contribution < 1.29 is 19.0 Å². The minimum atomic E-state index is -0.506. The molecule has 0 N–H and O–H groups in total. The van der Waals surface area contributed by atoms with E-state index in [1.807, 2.05) is 80.1 Å². The zero-order valence-corrected chi connectivity index (χ0v) is 20.7. The second kappa shape index (κ2) is 9.97. The first-order valence-corrected chi connectivity index (χ1v) is 11.8. The van der Waals surface area contributed by atoms with Gasteiger partial charge in [-0.25, -0.2) is 9.48 Å². The Morgan fingerprint density at radius 2 is 1.74 bits per heavy atom. The van der Waals surface area contributed by atoms with Crippen LogP contribution in [0.5, 0.6) is 11.6 Å². The number of carbonyl (C=O) groups is 1. The van der Waals surface area contributed by atoms with Gasteiger partial charge in [-0.15, -0.1) is 5.10 Å². The Kier molecular flexibility index (Phi) is 7.03. The second-order valence-electron chi connectivity index (χ2n) is 9.24. The third kappa shape index (κ3) is 5.65. The fraction of sp³-hybridized carbons (Fsp3) is 0.385. The molecule has 1 aliphatic rings. The van der Waals surface area contributed by atoms with Crippen molar-refractivity contribution >= 4 is 17.7 Å². The highest BCUT2D eigenvalue weighted by Gasteiger charge is 2.28. The molecule has 0 spiro atoms. The average Bonchev–Trinajstić information content (AvgIpc) is 3.22. The Morgan fingerprint density at radius 3 is 2.38 bits per heavy atom. The maximum absolute atomic E-state index is 12.4. The number of likely N-dealkylation sites (tertiary alicyclic amines) is 1. The van der Waals surface area contributed by atoms with Crippen LogP contribution in [-0.2, 0) is 4.74 Å². The molecule has 4 rings (SSSR count). The van der Waals surface area contributed by atoms with E-state index in [0.29, 0.717) is 42.6 Å². The zero-order chi connectivity index (χ0) is 24.3. The fourth-order valence-corrected chi connectivity index (χ4v) is 4.01. The van der Waals surface area contributed by atoms with Crippen LogP contribution >= 0.6 is 11.6 Å². The Bertz CT molecular complexity index is 1130. The highest BCUT2D eigenvalue weighted by Crippen LogP contribution is 2.32. The summed E-state index contributed by atoms with van der Waals surface area (Å²) in [5.74, 6) is 1.23. The number of methoxy groups -OCH3 is 1. The van der Waals surface area contributed by atoms with E-state index in [-0.39, 0.29) is 12.2 Å². The summed E-state index contributed by atoms with van der Waals surface area (Å²) < 4.78 is 19.1. The van der Waals surface area contributed by atoms with Crippen molar-refractivity contribution in [2.45, 2.75) is 45.3 Å². The molecule has 7 nitrogen and oxygen atoms in total. The van der Waals surface area contributed by atoms with Crippen LogP contribution in [-0.4, -0.2) is 52.7 Å². The van der Waals surface area contributed by atoms with E-state index in [4.69, 9.17) is 30.9 Å². The highest BCUT2D eigenvalue weighted by atomic mass is 35.5. The molecule has 34 heavy (non-hydrogen) atoms. The number of benzene rings is 2. The minimum absolute atomic E-state index is 0.0437. The Morgan fingerprint density at radius 1 is 1.06 bits per heavy atom. The quantitative estimate of drug-likeness (QED) is 0.446. The molecule has 2 heterocycles. The van der Waals surface area contributed by atoms with Gasteiger partial charge in [0.05, 0.1) is 12.8 Å². The number of nitrogens with zero attached hydrogens (tertiary/aromatic N) is 3. The van der Waals surface area contributed by atoms with Crippen LogP contribution in [0.25, 0.3) is 16.9 Å². The Balaban J connectivity index is 1.54. The summed E-state index contributed by atoms with van der Waals surface area (Å²) in [6.45, 7) is 6.78. The van der Waals surface area contributed by atoms with Gasteiger partial charge in [0.1, 0.15) is 23.1 Å². The molecule has 8 heteroatoms. The normalized spacial score (nSPS) is 14.7. The summed E-state index contributed by atoms with van der Waals surface area (Å²) in [6.07, 6.45) is 1.09. The number of hydrogen-bond donors (Lipinski definition) is 0. The Labute approximate surface area is 205 Å². The molecule has 1 aromatic heterocycles. The third-order valence-corrected chi connectivity index (χ3v) is 5.77. The molecule has 0 aliphatic carbocycles. The lowest BCUT2D eigenvalue weighted by atomic mass is 10.1. The van der Waals surface area contributed by atoms with Gasteiger partial charge in [0.25, 0.3) is 0 Å². The summed E-state index contributed by atoms with van der Waals surface area (Å²) >= 11 is 6.10. The topological polar surface area (TPSA) is 65.8 Å². The number of ether oxygens (including phenoxy) is 3. The van der Waals surface area contributed by atoms with E-state index in [1.54, 1.807) is 12.0 Å². The van der Waals surface area contributed by atoms with E-state index < -0.39 is 5.60 Å². The number of piperidine rings is 1. The molecule has 1 saturated heterocycles. The SMILES string of the molecule is COc1ccccc1-n1nc(OC2CCN(C(=O)OC(C)(C)C)CC2)cc1-c1ccc(Cl)cc1. The van der Waals surface area contributed by atoms with Crippen molar-refractivity contribution in [2.24, 2.45) is 0 Å². The molecular weight excluding hydrogens is 454 g/mol. The summed E-state index contributed by atoms with van der Waals surface area (Å²) in [4.78, 5) is 14.1. The van der Waals surface area contributed by atoms with Crippen molar-refractivity contribution in [1.29, 1.82) is 0 Å². The summed E-state index contributed by atoms with van der Waals surface area (Å²) in [6, 6.07) is 17.2. The van der Waals surface area contributed by atoms with Crippen LogP contribution in [0.4, 0.5) is 4.79 Å². The van der Waals surface area contributed by atoms with Gasteiger partial charge in [-0.1, -0.05) is 35.9 Å². The van der Waals surface area contributed by atoms with Gasteiger partial charge in [-0.2, -0.15) is 0 Å². The molecule has 2 aromatic carbocycles. The van der Waals surface area contributed by atoms with Crippen LogP contribution in [0, 0.1) is 0 Å². The number of carbonyl (C=O) groups excluding carboxylic acids is 1. The van der Waals surface area contributed by atoms with E-state index in [1.165, 1.54) is 0 Å². The van der Waals surface area contributed by atoms with Gasteiger partial charge in [-0.05, 0) is 45.0 Å². The fourth-order valence-electron chi connectivity index (χ4n) is 3.89. The van der Waals surface area contributed by atoms with Crippen LogP contribution < -0.4 is 9.47 Å². The lowest BCUT2D eigenvalue weighted by Crippen LogP contribution is -2.44.